The van der Waals surface area contributed by atoms with Crippen molar-refractivity contribution < 1.29 is 8.42 Å². The van der Waals surface area contributed by atoms with Gasteiger partial charge in [0.15, 0.2) is 0 Å². The zero-order chi connectivity index (χ0) is 9.35. The van der Waals surface area contributed by atoms with Crippen LogP contribution in [0.3, 0.4) is 0 Å². The van der Waals surface area contributed by atoms with Gasteiger partial charge in [0.25, 0.3) is 0 Å². The average molecular weight is 192 g/mol. The molecule has 1 saturated carbocycles. The SMILES string of the molecule is CCS(=O)(=O)N(C)C1CC(N)C1. The van der Waals surface area contributed by atoms with E-state index in [0.717, 1.165) is 12.8 Å². The lowest BCUT2D eigenvalue weighted by Gasteiger charge is -2.38. The molecule has 0 amide bonds. The van der Waals surface area contributed by atoms with Crippen LogP contribution in [0, 0.1) is 0 Å². The zero-order valence-corrected chi connectivity index (χ0v) is 8.34. The summed E-state index contributed by atoms with van der Waals surface area (Å²) >= 11 is 0. The van der Waals surface area contributed by atoms with Crippen molar-refractivity contribution >= 4 is 10.0 Å². The van der Waals surface area contributed by atoms with Gasteiger partial charge in [0, 0.05) is 19.1 Å². The Balaban J connectivity index is 2.54. The number of hydrogen-bond donors (Lipinski definition) is 1. The molecule has 0 radical (unpaired) electrons. The molecule has 0 aromatic heterocycles. The lowest BCUT2D eigenvalue weighted by molar-refractivity contribution is 0.218. The molecule has 1 aliphatic carbocycles. The molecule has 0 bridgehead atoms. The van der Waals surface area contributed by atoms with Gasteiger partial charge in [0.1, 0.15) is 0 Å². The molecule has 0 aromatic rings. The van der Waals surface area contributed by atoms with E-state index in [-0.39, 0.29) is 17.8 Å². The third-order valence-corrected chi connectivity index (χ3v) is 4.37. The van der Waals surface area contributed by atoms with Gasteiger partial charge in [-0.15, -0.1) is 0 Å². The minimum absolute atomic E-state index is 0.143. The monoisotopic (exact) mass is 192 g/mol. The van der Waals surface area contributed by atoms with Crippen LogP contribution < -0.4 is 5.73 Å². The number of nitrogens with zero attached hydrogens (tertiary/aromatic N) is 1. The van der Waals surface area contributed by atoms with Crippen molar-refractivity contribution in [2.45, 2.75) is 31.8 Å². The molecule has 72 valence electrons. The van der Waals surface area contributed by atoms with Crippen molar-refractivity contribution in [3.63, 3.8) is 0 Å². The topological polar surface area (TPSA) is 63.4 Å². The van der Waals surface area contributed by atoms with Crippen LogP contribution in [0.15, 0.2) is 0 Å². The lowest BCUT2D eigenvalue weighted by atomic mass is 9.88. The fourth-order valence-corrected chi connectivity index (χ4v) is 2.39. The predicted octanol–water partition coefficient (Wildman–Crippen LogP) is -0.242. The van der Waals surface area contributed by atoms with Gasteiger partial charge in [0.2, 0.25) is 10.0 Å². The largest absolute Gasteiger partial charge is 0.328 e. The van der Waals surface area contributed by atoms with Crippen LogP contribution >= 0.6 is 0 Å². The summed E-state index contributed by atoms with van der Waals surface area (Å²) in [5, 5.41) is 0. The highest BCUT2D eigenvalue weighted by molar-refractivity contribution is 7.89. The minimum atomic E-state index is -3.00. The number of sulfonamides is 1. The maximum absolute atomic E-state index is 11.3. The van der Waals surface area contributed by atoms with Crippen LogP contribution in [-0.4, -0.2) is 37.6 Å². The highest BCUT2D eigenvalue weighted by Gasteiger charge is 2.34. The average Bonchev–Trinajstić information content (AvgIpc) is 1.97. The third kappa shape index (κ3) is 1.78. The van der Waals surface area contributed by atoms with E-state index in [0.29, 0.717) is 0 Å². The molecule has 2 N–H and O–H groups in total. The molecule has 0 spiro atoms. The van der Waals surface area contributed by atoms with E-state index >= 15 is 0 Å². The van der Waals surface area contributed by atoms with Crippen LogP contribution in [0.4, 0.5) is 0 Å². The van der Waals surface area contributed by atoms with Crippen LogP contribution in [0.25, 0.3) is 0 Å². The zero-order valence-electron chi connectivity index (χ0n) is 7.53. The van der Waals surface area contributed by atoms with Crippen molar-refractivity contribution in [3.8, 4) is 0 Å². The molecular formula is C7H16N2O2S. The highest BCUT2D eigenvalue weighted by atomic mass is 32.2. The Hall–Kier alpha value is -0.130. The van der Waals surface area contributed by atoms with E-state index in [9.17, 15) is 8.42 Å². The Morgan fingerprint density at radius 2 is 2.00 bits per heavy atom. The van der Waals surface area contributed by atoms with E-state index < -0.39 is 10.0 Å². The lowest BCUT2D eigenvalue weighted by Crippen LogP contribution is -2.51. The predicted molar refractivity (Wildman–Crippen MR) is 48.2 cm³/mol. The molecule has 0 heterocycles. The second-order valence-corrected chi connectivity index (χ2v) is 5.62. The summed E-state index contributed by atoms with van der Waals surface area (Å²) in [6.07, 6.45) is 1.60. The van der Waals surface area contributed by atoms with Crippen molar-refractivity contribution in [3.05, 3.63) is 0 Å². The molecule has 4 nitrogen and oxygen atoms in total. The standard InChI is InChI=1S/C7H16N2O2S/c1-3-12(10,11)9(2)7-4-6(8)5-7/h6-7H,3-5,8H2,1-2H3. The Labute approximate surface area is 73.8 Å². The van der Waals surface area contributed by atoms with E-state index in [1.54, 1.807) is 14.0 Å². The first-order chi connectivity index (χ1) is 5.47. The molecule has 0 saturated heterocycles. The van der Waals surface area contributed by atoms with Gasteiger partial charge >= 0.3 is 0 Å². The highest BCUT2D eigenvalue weighted by Crippen LogP contribution is 2.24. The normalized spacial score (nSPS) is 30.3. The van der Waals surface area contributed by atoms with Crippen LogP contribution in [0.1, 0.15) is 19.8 Å². The summed E-state index contributed by atoms with van der Waals surface area (Å²) in [5.74, 6) is 0.176. The Morgan fingerprint density at radius 3 is 2.33 bits per heavy atom. The van der Waals surface area contributed by atoms with Crippen molar-refractivity contribution in [2.24, 2.45) is 5.73 Å². The first-order valence-corrected chi connectivity index (χ1v) is 5.79. The molecule has 0 atom stereocenters. The Kier molecular flexibility index (Phi) is 2.75. The van der Waals surface area contributed by atoms with Gasteiger partial charge in [0.05, 0.1) is 5.75 Å². The van der Waals surface area contributed by atoms with Gasteiger partial charge in [-0.1, -0.05) is 0 Å². The molecule has 0 aromatic carbocycles. The summed E-state index contributed by atoms with van der Waals surface area (Å²) in [5.41, 5.74) is 5.57. The van der Waals surface area contributed by atoms with Gasteiger partial charge in [-0.2, -0.15) is 0 Å². The third-order valence-electron chi connectivity index (χ3n) is 2.47. The molecule has 5 heteroatoms. The maximum Gasteiger partial charge on any atom is 0.213 e. The van der Waals surface area contributed by atoms with Gasteiger partial charge in [-0.25, -0.2) is 12.7 Å². The Bertz CT molecular complexity index is 244. The van der Waals surface area contributed by atoms with Crippen molar-refractivity contribution in [2.75, 3.05) is 12.8 Å². The summed E-state index contributed by atoms with van der Waals surface area (Å²) in [6, 6.07) is 0.342. The van der Waals surface area contributed by atoms with Crippen molar-refractivity contribution in [1.82, 2.24) is 4.31 Å². The summed E-state index contributed by atoms with van der Waals surface area (Å²) in [7, 11) is -1.37. The van der Waals surface area contributed by atoms with Crippen LogP contribution in [-0.2, 0) is 10.0 Å². The van der Waals surface area contributed by atoms with E-state index in [2.05, 4.69) is 0 Å². The van der Waals surface area contributed by atoms with E-state index in [4.69, 9.17) is 5.73 Å². The minimum Gasteiger partial charge on any atom is -0.328 e. The smallest absolute Gasteiger partial charge is 0.213 e. The van der Waals surface area contributed by atoms with Gasteiger partial charge in [-0.05, 0) is 19.8 Å². The van der Waals surface area contributed by atoms with Crippen LogP contribution in [0.2, 0.25) is 0 Å². The molecule has 0 aliphatic heterocycles. The number of rotatable bonds is 3. The quantitative estimate of drug-likeness (QED) is 0.671. The molecule has 12 heavy (non-hydrogen) atoms. The summed E-state index contributed by atoms with van der Waals surface area (Å²) in [4.78, 5) is 0. The molecular weight excluding hydrogens is 176 g/mol. The second-order valence-electron chi connectivity index (χ2n) is 3.30. The number of hydrogen-bond acceptors (Lipinski definition) is 3. The first-order valence-electron chi connectivity index (χ1n) is 4.18. The second kappa shape index (κ2) is 3.32. The molecule has 1 rings (SSSR count). The molecule has 0 unspecified atom stereocenters. The summed E-state index contributed by atoms with van der Waals surface area (Å²) < 4.78 is 24.1. The van der Waals surface area contributed by atoms with E-state index in [1.165, 1.54) is 4.31 Å². The maximum atomic E-state index is 11.3. The van der Waals surface area contributed by atoms with E-state index in [1.807, 2.05) is 0 Å². The van der Waals surface area contributed by atoms with Crippen molar-refractivity contribution in [1.29, 1.82) is 0 Å². The fraction of sp³-hybridized carbons (Fsp3) is 1.00. The van der Waals surface area contributed by atoms with Gasteiger partial charge in [-0.3, -0.25) is 0 Å². The number of nitrogens with two attached hydrogens (primary N) is 1. The Morgan fingerprint density at radius 1 is 1.50 bits per heavy atom. The van der Waals surface area contributed by atoms with Gasteiger partial charge < -0.3 is 5.73 Å². The first kappa shape index (κ1) is 9.95. The fourth-order valence-electron chi connectivity index (χ4n) is 1.36. The van der Waals surface area contributed by atoms with Crippen LogP contribution in [0.5, 0.6) is 0 Å². The molecule has 1 fully saturated rings. The summed E-state index contributed by atoms with van der Waals surface area (Å²) in [6.45, 7) is 1.66. The molecule has 1 aliphatic rings.